The predicted molar refractivity (Wildman–Crippen MR) is 83.0 cm³/mol. The lowest BCUT2D eigenvalue weighted by atomic mass is 10.2. The Morgan fingerprint density at radius 3 is 2.85 bits per heavy atom. The quantitative estimate of drug-likeness (QED) is 0.900. The van der Waals surface area contributed by atoms with Gasteiger partial charge in [0.1, 0.15) is 11.6 Å². The number of aromatic nitrogens is 2. The van der Waals surface area contributed by atoms with Gasteiger partial charge in [0, 0.05) is 29.0 Å². The zero-order valence-corrected chi connectivity index (χ0v) is 12.9. The fraction of sp³-hybridized carbons (Fsp3) is 0.214. The first-order valence-electron chi connectivity index (χ1n) is 6.23. The molecule has 1 amide bonds. The van der Waals surface area contributed by atoms with E-state index < -0.39 is 0 Å². The molecular formula is C14H15BrN4O. The summed E-state index contributed by atoms with van der Waals surface area (Å²) in [4.78, 5) is 20.5. The van der Waals surface area contributed by atoms with Gasteiger partial charge in [0.2, 0.25) is 0 Å². The number of aryl methyl sites for hydroxylation is 1. The first-order valence-corrected chi connectivity index (χ1v) is 7.03. The van der Waals surface area contributed by atoms with E-state index in [1.165, 1.54) is 0 Å². The average Bonchev–Trinajstić information content (AvgIpc) is 2.42. The van der Waals surface area contributed by atoms with Crippen molar-refractivity contribution in [1.82, 2.24) is 9.97 Å². The van der Waals surface area contributed by atoms with Crippen LogP contribution in [-0.4, -0.2) is 22.4 Å². The third-order valence-electron chi connectivity index (χ3n) is 2.66. The van der Waals surface area contributed by atoms with E-state index in [0.717, 1.165) is 16.6 Å². The molecule has 0 saturated heterocycles. The summed E-state index contributed by atoms with van der Waals surface area (Å²) in [5.74, 6) is 1.03. The topological polar surface area (TPSA) is 66.9 Å². The second-order valence-corrected chi connectivity index (χ2v) is 5.15. The normalized spacial score (nSPS) is 10.2. The van der Waals surface area contributed by atoms with Gasteiger partial charge < -0.3 is 10.6 Å². The molecule has 0 bridgehead atoms. The van der Waals surface area contributed by atoms with E-state index in [9.17, 15) is 4.79 Å². The standard InChI is InChI=1S/C14H15BrN4O/c1-3-16-12-7-10(4-5-17-12)14(20)19-13-9(2)6-11(15)8-18-13/h4-8H,3H2,1-2H3,(H,16,17)(H,18,19,20). The molecule has 0 spiro atoms. The van der Waals surface area contributed by atoms with Crippen LogP contribution in [0.2, 0.25) is 0 Å². The number of hydrogen-bond acceptors (Lipinski definition) is 4. The van der Waals surface area contributed by atoms with E-state index in [1.807, 2.05) is 19.9 Å². The highest BCUT2D eigenvalue weighted by molar-refractivity contribution is 9.10. The number of amides is 1. The van der Waals surface area contributed by atoms with Gasteiger partial charge in [-0.05, 0) is 53.5 Å². The number of pyridine rings is 2. The largest absolute Gasteiger partial charge is 0.370 e. The molecule has 20 heavy (non-hydrogen) atoms. The molecule has 0 unspecified atom stereocenters. The molecule has 2 heterocycles. The van der Waals surface area contributed by atoms with Gasteiger partial charge in [-0.25, -0.2) is 9.97 Å². The SMILES string of the molecule is CCNc1cc(C(=O)Nc2ncc(Br)cc2C)ccn1. The summed E-state index contributed by atoms with van der Waals surface area (Å²) < 4.78 is 0.881. The Morgan fingerprint density at radius 2 is 2.15 bits per heavy atom. The Kier molecular flexibility index (Phi) is 4.68. The molecule has 0 atom stereocenters. The van der Waals surface area contributed by atoms with Gasteiger partial charge in [-0.1, -0.05) is 0 Å². The van der Waals surface area contributed by atoms with Crippen molar-refractivity contribution in [3.63, 3.8) is 0 Å². The lowest BCUT2D eigenvalue weighted by Crippen LogP contribution is -2.14. The van der Waals surface area contributed by atoms with Crippen molar-refractivity contribution in [1.29, 1.82) is 0 Å². The first kappa shape index (κ1) is 14.5. The number of rotatable bonds is 4. The molecule has 0 aliphatic carbocycles. The maximum atomic E-state index is 12.2. The lowest BCUT2D eigenvalue weighted by Gasteiger charge is -2.08. The highest BCUT2D eigenvalue weighted by Crippen LogP contribution is 2.17. The summed E-state index contributed by atoms with van der Waals surface area (Å²) in [7, 11) is 0. The maximum Gasteiger partial charge on any atom is 0.257 e. The smallest absolute Gasteiger partial charge is 0.257 e. The molecule has 0 aliphatic heterocycles. The van der Waals surface area contributed by atoms with Crippen molar-refractivity contribution in [3.05, 3.63) is 46.2 Å². The Balaban J connectivity index is 2.17. The van der Waals surface area contributed by atoms with E-state index in [-0.39, 0.29) is 5.91 Å². The van der Waals surface area contributed by atoms with Crippen LogP contribution in [0.3, 0.4) is 0 Å². The summed E-state index contributed by atoms with van der Waals surface area (Å²) in [5.41, 5.74) is 1.44. The van der Waals surface area contributed by atoms with Gasteiger partial charge >= 0.3 is 0 Å². The van der Waals surface area contributed by atoms with Crippen molar-refractivity contribution in [2.45, 2.75) is 13.8 Å². The fourth-order valence-corrected chi connectivity index (χ4v) is 2.15. The molecule has 2 aromatic heterocycles. The summed E-state index contributed by atoms with van der Waals surface area (Å²) >= 11 is 3.34. The van der Waals surface area contributed by atoms with Crippen LogP contribution in [0.5, 0.6) is 0 Å². The van der Waals surface area contributed by atoms with E-state index in [0.29, 0.717) is 17.2 Å². The van der Waals surface area contributed by atoms with Crippen LogP contribution in [0.4, 0.5) is 11.6 Å². The van der Waals surface area contributed by atoms with Crippen LogP contribution in [-0.2, 0) is 0 Å². The number of carbonyl (C=O) groups excluding carboxylic acids is 1. The molecule has 0 aliphatic rings. The summed E-state index contributed by atoms with van der Waals surface area (Å²) in [6.45, 7) is 4.62. The van der Waals surface area contributed by atoms with Gasteiger partial charge in [-0.15, -0.1) is 0 Å². The van der Waals surface area contributed by atoms with E-state index in [4.69, 9.17) is 0 Å². The van der Waals surface area contributed by atoms with Crippen molar-refractivity contribution in [3.8, 4) is 0 Å². The predicted octanol–water partition coefficient (Wildman–Crippen LogP) is 3.23. The third-order valence-corrected chi connectivity index (χ3v) is 3.09. The minimum Gasteiger partial charge on any atom is -0.370 e. The van der Waals surface area contributed by atoms with Crippen molar-refractivity contribution in [2.75, 3.05) is 17.2 Å². The average molecular weight is 335 g/mol. The van der Waals surface area contributed by atoms with Gasteiger partial charge in [0.05, 0.1) is 0 Å². The second kappa shape index (κ2) is 6.47. The second-order valence-electron chi connectivity index (χ2n) is 4.23. The van der Waals surface area contributed by atoms with Crippen LogP contribution < -0.4 is 10.6 Å². The number of carbonyl (C=O) groups is 1. The molecular weight excluding hydrogens is 320 g/mol. The maximum absolute atomic E-state index is 12.2. The van der Waals surface area contributed by atoms with Gasteiger partial charge in [0.15, 0.2) is 0 Å². The van der Waals surface area contributed by atoms with Crippen molar-refractivity contribution < 1.29 is 4.79 Å². The van der Waals surface area contributed by atoms with Crippen LogP contribution in [0.1, 0.15) is 22.8 Å². The van der Waals surface area contributed by atoms with Crippen LogP contribution in [0, 0.1) is 6.92 Å². The third kappa shape index (κ3) is 3.54. The molecule has 0 radical (unpaired) electrons. The molecule has 0 fully saturated rings. The summed E-state index contributed by atoms with van der Waals surface area (Å²) in [6.07, 6.45) is 3.26. The minimum atomic E-state index is -0.204. The van der Waals surface area contributed by atoms with E-state index in [2.05, 4.69) is 36.5 Å². The highest BCUT2D eigenvalue weighted by atomic mass is 79.9. The summed E-state index contributed by atoms with van der Waals surface area (Å²) in [5, 5.41) is 5.87. The number of nitrogens with zero attached hydrogens (tertiary/aromatic N) is 2. The molecule has 5 nitrogen and oxygen atoms in total. The lowest BCUT2D eigenvalue weighted by molar-refractivity contribution is 0.102. The fourth-order valence-electron chi connectivity index (χ4n) is 1.70. The number of hydrogen-bond donors (Lipinski definition) is 2. The number of halogens is 1. The summed E-state index contributed by atoms with van der Waals surface area (Å²) in [6, 6.07) is 5.29. The number of nitrogens with one attached hydrogen (secondary N) is 2. The van der Waals surface area contributed by atoms with Crippen LogP contribution in [0.15, 0.2) is 35.1 Å². The van der Waals surface area contributed by atoms with Crippen LogP contribution in [0.25, 0.3) is 0 Å². The van der Waals surface area contributed by atoms with E-state index >= 15 is 0 Å². The highest BCUT2D eigenvalue weighted by Gasteiger charge is 2.09. The Bertz CT molecular complexity index is 630. The van der Waals surface area contributed by atoms with Crippen LogP contribution >= 0.6 is 15.9 Å². The molecule has 2 aromatic rings. The monoisotopic (exact) mass is 334 g/mol. The Morgan fingerprint density at radius 1 is 1.35 bits per heavy atom. The molecule has 6 heteroatoms. The zero-order chi connectivity index (χ0) is 14.5. The molecule has 2 rings (SSSR count). The molecule has 0 saturated carbocycles. The van der Waals surface area contributed by atoms with Gasteiger partial charge in [-0.2, -0.15) is 0 Å². The number of anilines is 2. The minimum absolute atomic E-state index is 0.204. The van der Waals surface area contributed by atoms with Gasteiger partial charge in [0.25, 0.3) is 5.91 Å². The molecule has 104 valence electrons. The molecule has 0 aromatic carbocycles. The van der Waals surface area contributed by atoms with E-state index in [1.54, 1.807) is 24.5 Å². The molecule has 2 N–H and O–H groups in total. The zero-order valence-electron chi connectivity index (χ0n) is 11.3. The Hall–Kier alpha value is -1.95. The van der Waals surface area contributed by atoms with Gasteiger partial charge in [-0.3, -0.25) is 4.79 Å². The Labute approximate surface area is 126 Å². The first-order chi connectivity index (χ1) is 9.60. The van der Waals surface area contributed by atoms with Crippen molar-refractivity contribution in [2.24, 2.45) is 0 Å². The van der Waals surface area contributed by atoms with Crippen molar-refractivity contribution >= 4 is 33.5 Å².